The van der Waals surface area contributed by atoms with Gasteiger partial charge in [-0.15, -0.1) is 0 Å². The summed E-state index contributed by atoms with van der Waals surface area (Å²) in [7, 11) is 0. The Morgan fingerprint density at radius 3 is 2.03 bits per heavy atom. The summed E-state index contributed by atoms with van der Waals surface area (Å²) in [6, 6.07) is 5.85. The molecule has 1 aromatic carbocycles. The van der Waals surface area contributed by atoms with Crippen molar-refractivity contribution in [2.75, 3.05) is 6.61 Å². The van der Waals surface area contributed by atoms with Gasteiger partial charge in [0.05, 0.1) is 6.10 Å². The van der Waals surface area contributed by atoms with E-state index in [-0.39, 0.29) is 24.3 Å². The minimum atomic E-state index is -2.52. The minimum absolute atomic E-state index is 0.0554. The van der Waals surface area contributed by atoms with Gasteiger partial charge in [0.1, 0.15) is 5.82 Å². The summed E-state index contributed by atoms with van der Waals surface area (Å²) in [6.07, 6.45) is 13.7. The molecule has 0 radical (unpaired) electrons. The number of hydrogen-bond donors (Lipinski definition) is 0. The van der Waals surface area contributed by atoms with E-state index in [2.05, 4.69) is 13.0 Å². The predicted molar refractivity (Wildman–Crippen MR) is 137 cm³/mol. The first-order valence-electron chi connectivity index (χ1n) is 14.7. The lowest BCUT2D eigenvalue weighted by Crippen LogP contribution is -2.36. The Kier molecular flexibility index (Phi) is 9.63. The Morgan fingerprint density at radius 2 is 1.46 bits per heavy atom. The van der Waals surface area contributed by atoms with Crippen molar-refractivity contribution in [3.05, 3.63) is 35.1 Å². The Hall–Kier alpha value is -1.03. The van der Waals surface area contributed by atoms with Gasteiger partial charge in [0.15, 0.2) is 0 Å². The van der Waals surface area contributed by atoms with Gasteiger partial charge in [0.25, 0.3) is 5.92 Å². The first-order valence-corrected chi connectivity index (χ1v) is 14.7. The van der Waals surface area contributed by atoms with E-state index >= 15 is 8.78 Å². The third-order valence-corrected chi connectivity index (χ3v) is 9.65. The third kappa shape index (κ3) is 7.05. The van der Waals surface area contributed by atoms with Crippen LogP contribution >= 0.6 is 0 Å². The van der Waals surface area contributed by atoms with E-state index in [9.17, 15) is 4.39 Å². The fourth-order valence-electron chi connectivity index (χ4n) is 7.38. The van der Waals surface area contributed by atoms with E-state index in [1.54, 1.807) is 6.07 Å². The highest BCUT2D eigenvalue weighted by Gasteiger charge is 2.44. The molecule has 3 saturated carbocycles. The molecular formula is C31H47F3O. The highest BCUT2D eigenvalue weighted by atomic mass is 19.3. The second kappa shape index (κ2) is 12.5. The SMILES string of the molecule is CCCOC1CCC(C(F)(F)CC2CCC(C3CCC(c4ccc(CC)c(F)c4)CC3)CC2)CC1. The molecule has 1 aromatic rings. The molecule has 0 saturated heterocycles. The quantitative estimate of drug-likeness (QED) is 0.333. The second-order valence-electron chi connectivity index (χ2n) is 11.9. The van der Waals surface area contributed by atoms with Crippen LogP contribution in [0.2, 0.25) is 0 Å². The van der Waals surface area contributed by atoms with Crippen LogP contribution in [-0.2, 0) is 11.2 Å². The van der Waals surface area contributed by atoms with E-state index in [0.29, 0.717) is 24.7 Å². The average Bonchev–Trinajstić information content (AvgIpc) is 2.88. The molecule has 198 valence electrons. The molecule has 0 unspecified atom stereocenters. The Labute approximate surface area is 211 Å². The van der Waals surface area contributed by atoms with Crippen molar-refractivity contribution in [3.8, 4) is 0 Å². The molecule has 0 heterocycles. The molecule has 0 atom stereocenters. The van der Waals surface area contributed by atoms with Crippen LogP contribution in [0.4, 0.5) is 13.2 Å². The average molecular weight is 493 g/mol. The van der Waals surface area contributed by atoms with Gasteiger partial charge in [-0.05, 0) is 131 Å². The molecule has 3 fully saturated rings. The third-order valence-electron chi connectivity index (χ3n) is 9.65. The maximum absolute atomic E-state index is 15.1. The topological polar surface area (TPSA) is 9.23 Å². The van der Waals surface area contributed by atoms with Crippen LogP contribution in [0, 0.1) is 29.5 Å². The van der Waals surface area contributed by atoms with Crippen molar-refractivity contribution in [2.24, 2.45) is 23.7 Å². The van der Waals surface area contributed by atoms with Crippen LogP contribution in [0.1, 0.15) is 121 Å². The lowest BCUT2D eigenvalue weighted by Gasteiger charge is -2.40. The first-order chi connectivity index (χ1) is 16.9. The normalized spacial score (nSPS) is 32.5. The fraction of sp³-hybridized carbons (Fsp3) is 0.806. The maximum atomic E-state index is 15.1. The lowest BCUT2D eigenvalue weighted by atomic mass is 9.67. The maximum Gasteiger partial charge on any atom is 0.251 e. The van der Waals surface area contributed by atoms with E-state index in [1.807, 2.05) is 13.0 Å². The van der Waals surface area contributed by atoms with Crippen LogP contribution in [0.15, 0.2) is 18.2 Å². The van der Waals surface area contributed by atoms with Gasteiger partial charge in [-0.25, -0.2) is 13.2 Å². The van der Waals surface area contributed by atoms with Crippen LogP contribution < -0.4 is 0 Å². The molecule has 0 aliphatic heterocycles. The number of aryl methyl sites for hydroxylation is 1. The molecule has 3 aliphatic carbocycles. The Bertz CT molecular complexity index is 769. The van der Waals surface area contributed by atoms with E-state index in [0.717, 1.165) is 87.9 Å². The number of rotatable bonds is 9. The molecule has 0 amide bonds. The summed E-state index contributed by atoms with van der Waals surface area (Å²) in [5, 5.41) is 0. The number of alkyl halides is 2. The number of ether oxygens (including phenoxy) is 1. The summed E-state index contributed by atoms with van der Waals surface area (Å²) in [6.45, 7) is 4.84. The van der Waals surface area contributed by atoms with Gasteiger partial charge < -0.3 is 4.74 Å². The van der Waals surface area contributed by atoms with Crippen molar-refractivity contribution in [3.63, 3.8) is 0 Å². The van der Waals surface area contributed by atoms with E-state index in [1.165, 1.54) is 12.8 Å². The van der Waals surface area contributed by atoms with Crippen molar-refractivity contribution in [2.45, 2.75) is 128 Å². The number of benzene rings is 1. The molecule has 0 bridgehead atoms. The number of halogens is 3. The predicted octanol–water partition coefficient (Wildman–Crippen LogP) is 9.48. The molecule has 0 spiro atoms. The Balaban J connectivity index is 1.18. The molecule has 3 aliphatic rings. The summed E-state index contributed by atoms with van der Waals surface area (Å²) in [5.41, 5.74) is 1.97. The summed E-state index contributed by atoms with van der Waals surface area (Å²) in [4.78, 5) is 0. The van der Waals surface area contributed by atoms with Crippen molar-refractivity contribution in [1.82, 2.24) is 0 Å². The molecule has 4 rings (SSSR count). The van der Waals surface area contributed by atoms with Gasteiger partial charge in [0, 0.05) is 18.9 Å². The second-order valence-corrected chi connectivity index (χ2v) is 11.9. The van der Waals surface area contributed by atoms with E-state index in [4.69, 9.17) is 4.74 Å². The van der Waals surface area contributed by atoms with Crippen molar-refractivity contribution < 1.29 is 17.9 Å². The summed E-state index contributed by atoms with van der Waals surface area (Å²) >= 11 is 0. The zero-order chi connectivity index (χ0) is 24.8. The zero-order valence-electron chi connectivity index (χ0n) is 22.1. The largest absolute Gasteiger partial charge is 0.378 e. The van der Waals surface area contributed by atoms with E-state index < -0.39 is 11.8 Å². The molecule has 0 N–H and O–H groups in total. The minimum Gasteiger partial charge on any atom is -0.378 e. The first kappa shape index (κ1) is 27.0. The van der Waals surface area contributed by atoms with Gasteiger partial charge in [-0.3, -0.25) is 0 Å². The molecule has 1 nitrogen and oxygen atoms in total. The smallest absolute Gasteiger partial charge is 0.251 e. The van der Waals surface area contributed by atoms with Gasteiger partial charge in [-0.2, -0.15) is 0 Å². The molecule has 0 aromatic heterocycles. The van der Waals surface area contributed by atoms with Gasteiger partial charge in [-0.1, -0.05) is 26.0 Å². The zero-order valence-corrected chi connectivity index (χ0v) is 22.1. The van der Waals surface area contributed by atoms with Gasteiger partial charge >= 0.3 is 0 Å². The fourth-order valence-corrected chi connectivity index (χ4v) is 7.38. The molecule has 4 heteroatoms. The van der Waals surface area contributed by atoms with Crippen molar-refractivity contribution >= 4 is 0 Å². The van der Waals surface area contributed by atoms with Crippen LogP contribution in [-0.4, -0.2) is 18.6 Å². The Morgan fingerprint density at radius 1 is 0.829 bits per heavy atom. The monoisotopic (exact) mass is 492 g/mol. The van der Waals surface area contributed by atoms with Crippen molar-refractivity contribution in [1.29, 1.82) is 0 Å². The number of hydrogen-bond acceptors (Lipinski definition) is 1. The highest BCUT2D eigenvalue weighted by Crippen LogP contribution is 2.47. The van der Waals surface area contributed by atoms with Crippen LogP contribution in [0.5, 0.6) is 0 Å². The molecule has 35 heavy (non-hydrogen) atoms. The summed E-state index contributed by atoms with van der Waals surface area (Å²) in [5.74, 6) is -0.935. The van der Waals surface area contributed by atoms with Gasteiger partial charge in [0.2, 0.25) is 0 Å². The summed E-state index contributed by atoms with van der Waals surface area (Å²) < 4.78 is 50.3. The molecular weight excluding hydrogens is 445 g/mol. The lowest BCUT2D eigenvalue weighted by molar-refractivity contribution is -0.106. The standard InChI is InChI=1S/C31H47F3O/c1-3-19-35-29-17-15-28(16-18-29)31(33,34)21-22-5-7-24(8-6-22)25-10-12-26(13-11-25)27-14-9-23(4-2)30(32)20-27/h9,14,20,22,24-26,28-29H,3-8,10-13,15-19,21H2,1-2H3. The highest BCUT2D eigenvalue weighted by molar-refractivity contribution is 5.27. The van der Waals surface area contributed by atoms with Crippen LogP contribution in [0.25, 0.3) is 0 Å². The van der Waals surface area contributed by atoms with Crippen LogP contribution in [0.3, 0.4) is 0 Å².